The quantitative estimate of drug-likeness (QED) is 0.410. The first-order chi connectivity index (χ1) is 14.8. The van der Waals surface area contributed by atoms with Gasteiger partial charge in [0.25, 0.3) is 11.6 Å². The number of nitrogens with zero attached hydrogens (tertiary/aromatic N) is 2. The molecular weight excluding hydrogens is 398 g/mol. The maximum absolute atomic E-state index is 13.0. The molecule has 1 atom stereocenters. The van der Waals surface area contributed by atoms with Crippen molar-refractivity contribution in [2.24, 2.45) is 0 Å². The van der Waals surface area contributed by atoms with Gasteiger partial charge in [-0.25, -0.2) is 0 Å². The summed E-state index contributed by atoms with van der Waals surface area (Å²) in [6.07, 6.45) is 1.26. The van der Waals surface area contributed by atoms with E-state index in [0.29, 0.717) is 48.6 Å². The van der Waals surface area contributed by atoms with Crippen LogP contribution in [0.5, 0.6) is 5.75 Å². The molecule has 0 aliphatic carbocycles. The number of hydrogen-bond donors (Lipinski definition) is 1. The molecular formula is C23H25N3O5. The summed E-state index contributed by atoms with van der Waals surface area (Å²) in [5.41, 5.74) is 2.16. The summed E-state index contributed by atoms with van der Waals surface area (Å²) in [6.45, 7) is 8.09. The standard InChI is InChI=1S/C23H25N3O5/c1-15(2)14-31-19-7-4-6-18(13-19)24-22(27)21-8-5-11-25(21)23(28)17-9-10-20(26(29)30)16(3)12-17/h4,6-7,9-10,12-13,21H,1,5,8,11,14H2,2-3H3,(H,24,27). The number of carbonyl (C=O) groups is 2. The number of ether oxygens (including phenoxy) is 1. The van der Waals surface area contributed by atoms with Gasteiger partial charge in [0, 0.05) is 35.5 Å². The summed E-state index contributed by atoms with van der Waals surface area (Å²) in [4.78, 5) is 38.0. The first kappa shape index (κ1) is 22.0. The fourth-order valence-corrected chi connectivity index (χ4v) is 3.54. The molecule has 1 N–H and O–H groups in total. The molecule has 0 bridgehead atoms. The normalized spacial score (nSPS) is 15.4. The van der Waals surface area contributed by atoms with E-state index in [1.807, 2.05) is 6.92 Å². The third-order valence-electron chi connectivity index (χ3n) is 5.04. The second kappa shape index (κ2) is 9.42. The van der Waals surface area contributed by atoms with Crippen LogP contribution in [-0.4, -0.2) is 40.8 Å². The predicted molar refractivity (Wildman–Crippen MR) is 117 cm³/mol. The van der Waals surface area contributed by atoms with Crippen molar-refractivity contribution < 1.29 is 19.2 Å². The van der Waals surface area contributed by atoms with Crippen molar-refractivity contribution in [3.63, 3.8) is 0 Å². The topological polar surface area (TPSA) is 102 Å². The van der Waals surface area contributed by atoms with E-state index in [2.05, 4.69) is 11.9 Å². The Balaban J connectivity index is 1.71. The summed E-state index contributed by atoms with van der Waals surface area (Å²) in [6, 6.07) is 10.7. The number of nitrogens with one attached hydrogen (secondary N) is 1. The lowest BCUT2D eigenvalue weighted by molar-refractivity contribution is -0.385. The third kappa shape index (κ3) is 5.28. The molecule has 0 saturated carbocycles. The molecule has 162 valence electrons. The zero-order valence-corrected chi connectivity index (χ0v) is 17.6. The van der Waals surface area contributed by atoms with Crippen molar-refractivity contribution in [1.29, 1.82) is 0 Å². The lowest BCUT2D eigenvalue weighted by atomic mass is 10.1. The van der Waals surface area contributed by atoms with Gasteiger partial charge in [0.1, 0.15) is 18.4 Å². The lowest BCUT2D eigenvalue weighted by Crippen LogP contribution is -2.43. The summed E-state index contributed by atoms with van der Waals surface area (Å²) >= 11 is 0. The molecule has 0 spiro atoms. The largest absolute Gasteiger partial charge is 0.489 e. The Bertz CT molecular complexity index is 1030. The number of carbonyl (C=O) groups excluding carboxylic acids is 2. The SMILES string of the molecule is C=C(C)COc1cccc(NC(=O)C2CCCN2C(=O)c2ccc([N+](=O)[O-])c(C)c2)c1. The van der Waals surface area contributed by atoms with Crippen LogP contribution in [0, 0.1) is 17.0 Å². The molecule has 1 aliphatic heterocycles. The third-order valence-corrected chi connectivity index (χ3v) is 5.04. The molecule has 0 radical (unpaired) electrons. The molecule has 3 rings (SSSR count). The maximum Gasteiger partial charge on any atom is 0.272 e. The maximum atomic E-state index is 13.0. The van der Waals surface area contributed by atoms with Crippen LogP contribution < -0.4 is 10.1 Å². The average Bonchev–Trinajstić information content (AvgIpc) is 3.21. The number of nitro benzene ring substituents is 1. The van der Waals surface area contributed by atoms with E-state index in [9.17, 15) is 19.7 Å². The van der Waals surface area contributed by atoms with Crippen molar-refractivity contribution in [3.8, 4) is 5.75 Å². The van der Waals surface area contributed by atoms with Gasteiger partial charge in [-0.05, 0) is 56.5 Å². The summed E-state index contributed by atoms with van der Waals surface area (Å²) in [5, 5.41) is 13.9. The van der Waals surface area contributed by atoms with Gasteiger partial charge in [-0.2, -0.15) is 0 Å². The Labute approximate surface area is 180 Å². The number of nitro groups is 1. The minimum Gasteiger partial charge on any atom is -0.489 e. The van der Waals surface area contributed by atoms with Gasteiger partial charge in [0.05, 0.1) is 4.92 Å². The molecule has 8 nitrogen and oxygen atoms in total. The Morgan fingerprint density at radius 2 is 2.06 bits per heavy atom. The van der Waals surface area contributed by atoms with Crippen molar-refractivity contribution in [2.45, 2.75) is 32.7 Å². The minimum absolute atomic E-state index is 0.0407. The Hall–Kier alpha value is -3.68. The summed E-state index contributed by atoms with van der Waals surface area (Å²) in [7, 11) is 0. The summed E-state index contributed by atoms with van der Waals surface area (Å²) in [5.74, 6) is 0.0252. The highest BCUT2D eigenvalue weighted by Gasteiger charge is 2.35. The molecule has 2 aromatic carbocycles. The number of anilines is 1. The predicted octanol–water partition coefficient (Wildman–Crippen LogP) is 4.10. The molecule has 8 heteroatoms. The number of amides is 2. The highest BCUT2D eigenvalue weighted by Crippen LogP contribution is 2.25. The minimum atomic E-state index is -0.608. The number of aryl methyl sites for hydroxylation is 1. The molecule has 1 fully saturated rings. The molecule has 0 aromatic heterocycles. The molecule has 31 heavy (non-hydrogen) atoms. The zero-order chi connectivity index (χ0) is 22.5. The van der Waals surface area contributed by atoms with Crippen LogP contribution in [0.3, 0.4) is 0 Å². The van der Waals surface area contributed by atoms with Gasteiger partial charge < -0.3 is 15.0 Å². The van der Waals surface area contributed by atoms with Crippen LogP contribution in [0.25, 0.3) is 0 Å². The highest BCUT2D eigenvalue weighted by atomic mass is 16.6. The Kier molecular flexibility index (Phi) is 6.69. The van der Waals surface area contributed by atoms with Gasteiger partial charge in [0.2, 0.25) is 5.91 Å². The molecule has 1 aliphatic rings. The monoisotopic (exact) mass is 423 g/mol. The van der Waals surface area contributed by atoms with E-state index in [1.165, 1.54) is 23.1 Å². The number of benzene rings is 2. The van der Waals surface area contributed by atoms with E-state index in [-0.39, 0.29) is 17.5 Å². The van der Waals surface area contributed by atoms with Crippen LogP contribution in [0.15, 0.2) is 54.6 Å². The molecule has 2 amide bonds. The van der Waals surface area contributed by atoms with Crippen molar-refractivity contribution in [2.75, 3.05) is 18.5 Å². The van der Waals surface area contributed by atoms with Crippen molar-refractivity contribution >= 4 is 23.2 Å². The van der Waals surface area contributed by atoms with Gasteiger partial charge >= 0.3 is 0 Å². The first-order valence-electron chi connectivity index (χ1n) is 10.0. The van der Waals surface area contributed by atoms with Gasteiger partial charge in [-0.15, -0.1) is 0 Å². The highest BCUT2D eigenvalue weighted by molar-refractivity contribution is 6.01. The van der Waals surface area contributed by atoms with Crippen molar-refractivity contribution in [1.82, 2.24) is 4.90 Å². The second-order valence-electron chi connectivity index (χ2n) is 7.68. The van der Waals surface area contributed by atoms with E-state index in [1.54, 1.807) is 31.2 Å². The van der Waals surface area contributed by atoms with Gasteiger partial charge in [-0.1, -0.05) is 12.6 Å². The van der Waals surface area contributed by atoms with Crippen LogP contribution in [0.1, 0.15) is 35.7 Å². The molecule has 2 aromatic rings. The van der Waals surface area contributed by atoms with E-state index >= 15 is 0 Å². The smallest absolute Gasteiger partial charge is 0.272 e. The van der Waals surface area contributed by atoms with E-state index < -0.39 is 11.0 Å². The summed E-state index contributed by atoms with van der Waals surface area (Å²) < 4.78 is 5.61. The van der Waals surface area contributed by atoms with Gasteiger partial charge in [0.15, 0.2) is 0 Å². The fourth-order valence-electron chi connectivity index (χ4n) is 3.54. The van der Waals surface area contributed by atoms with Crippen molar-refractivity contribution in [3.05, 3.63) is 75.9 Å². The number of rotatable bonds is 7. The van der Waals surface area contributed by atoms with Crippen LogP contribution in [-0.2, 0) is 4.79 Å². The average molecular weight is 423 g/mol. The van der Waals surface area contributed by atoms with Gasteiger partial charge in [-0.3, -0.25) is 19.7 Å². The Morgan fingerprint density at radius 3 is 2.74 bits per heavy atom. The van der Waals surface area contributed by atoms with Crippen LogP contribution in [0.2, 0.25) is 0 Å². The number of hydrogen-bond acceptors (Lipinski definition) is 5. The Morgan fingerprint density at radius 1 is 1.29 bits per heavy atom. The molecule has 1 saturated heterocycles. The van der Waals surface area contributed by atoms with Crippen LogP contribution >= 0.6 is 0 Å². The first-order valence-corrected chi connectivity index (χ1v) is 10.0. The number of likely N-dealkylation sites (tertiary alicyclic amines) is 1. The lowest BCUT2D eigenvalue weighted by Gasteiger charge is -2.24. The van der Waals surface area contributed by atoms with E-state index in [0.717, 1.165) is 5.57 Å². The molecule has 1 unspecified atom stereocenters. The van der Waals surface area contributed by atoms with Crippen LogP contribution in [0.4, 0.5) is 11.4 Å². The van der Waals surface area contributed by atoms with E-state index in [4.69, 9.17) is 4.74 Å². The molecule has 1 heterocycles. The second-order valence-corrected chi connectivity index (χ2v) is 7.68. The zero-order valence-electron chi connectivity index (χ0n) is 17.6. The fraction of sp³-hybridized carbons (Fsp3) is 0.304.